The van der Waals surface area contributed by atoms with Crippen LogP contribution in [0.25, 0.3) is 0 Å². The summed E-state index contributed by atoms with van der Waals surface area (Å²) in [5.41, 5.74) is 2.61. The summed E-state index contributed by atoms with van der Waals surface area (Å²) < 4.78 is 4.37. The Morgan fingerprint density at radius 1 is 1.36 bits per heavy atom. The molecule has 1 aliphatic rings. The molecular weight excluding hydrogens is 154 g/mol. The van der Waals surface area contributed by atoms with Gasteiger partial charge in [0.15, 0.2) is 0 Å². The van der Waals surface area contributed by atoms with Crippen LogP contribution in [0.1, 0.15) is 26.7 Å². The smallest absolute Gasteiger partial charge is 0.0519 e. The molecule has 0 saturated carbocycles. The summed E-state index contributed by atoms with van der Waals surface area (Å²) in [5.74, 6) is 0. The van der Waals surface area contributed by atoms with Gasteiger partial charge in [-0.3, -0.25) is 0 Å². The van der Waals surface area contributed by atoms with Crippen molar-refractivity contribution in [3.63, 3.8) is 0 Å². The molecule has 1 heterocycles. The summed E-state index contributed by atoms with van der Waals surface area (Å²) in [7, 11) is 0. The zero-order valence-electron chi connectivity index (χ0n) is 7.00. The van der Waals surface area contributed by atoms with Crippen LogP contribution >= 0.6 is 11.9 Å². The monoisotopic (exact) mass is 167 g/mol. The Kier molecular flexibility index (Phi) is 3.43. The molecule has 0 saturated heterocycles. The van der Waals surface area contributed by atoms with Gasteiger partial charge in [-0.2, -0.15) is 0 Å². The second-order valence-corrected chi connectivity index (χ2v) is 3.04. The minimum absolute atomic E-state index is 1.04. The fraction of sp³-hybridized carbons (Fsp3) is 0.444. The maximum atomic E-state index is 4.37. The van der Waals surface area contributed by atoms with Crippen molar-refractivity contribution in [2.24, 2.45) is 4.40 Å². The summed E-state index contributed by atoms with van der Waals surface area (Å²) in [6.07, 6.45) is 6.34. The van der Waals surface area contributed by atoms with Crippen molar-refractivity contribution in [2.75, 3.05) is 0 Å². The molecule has 60 valence electrons. The van der Waals surface area contributed by atoms with Crippen LogP contribution < -0.4 is 0 Å². The maximum absolute atomic E-state index is 4.37. The number of rotatable bonds is 2. The lowest BCUT2D eigenvalue weighted by Crippen LogP contribution is -1.98. The van der Waals surface area contributed by atoms with E-state index in [1.165, 1.54) is 23.2 Å². The summed E-state index contributed by atoms with van der Waals surface area (Å²) in [6, 6.07) is 0. The van der Waals surface area contributed by atoms with Crippen LogP contribution in [-0.4, -0.2) is 5.71 Å². The fourth-order valence-electron chi connectivity index (χ4n) is 1.05. The highest BCUT2D eigenvalue weighted by molar-refractivity contribution is 8.01. The molecule has 2 heteroatoms. The molecule has 0 aliphatic carbocycles. The average Bonchev–Trinajstić information content (AvgIpc) is 2.27. The number of allylic oxidation sites excluding steroid dienone is 3. The minimum Gasteiger partial charge on any atom is -0.216 e. The highest BCUT2D eigenvalue weighted by Gasteiger charge is 2.02. The van der Waals surface area contributed by atoms with Gasteiger partial charge < -0.3 is 0 Å². The minimum atomic E-state index is 1.04. The van der Waals surface area contributed by atoms with E-state index in [-0.39, 0.29) is 0 Å². The third kappa shape index (κ3) is 2.22. The molecule has 0 aromatic heterocycles. The highest BCUT2D eigenvalue weighted by Crippen LogP contribution is 2.17. The first-order valence-electron chi connectivity index (χ1n) is 3.97. The van der Waals surface area contributed by atoms with Gasteiger partial charge >= 0.3 is 0 Å². The van der Waals surface area contributed by atoms with Gasteiger partial charge in [0.2, 0.25) is 0 Å². The molecule has 0 radical (unpaired) electrons. The lowest BCUT2D eigenvalue weighted by molar-refractivity contribution is 1.14. The Morgan fingerprint density at radius 2 is 2.18 bits per heavy atom. The maximum Gasteiger partial charge on any atom is 0.0519 e. The molecule has 0 spiro atoms. The van der Waals surface area contributed by atoms with E-state index in [2.05, 4.69) is 30.4 Å². The van der Waals surface area contributed by atoms with Gasteiger partial charge in [0, 0.05) is 11.9 Å². The van der Waals surface area contributed by atoms with Crippen LogP contribution in [0.2, 0.25) is 0 Å². The van der Waals surface area contributed by atoms with Crippen LogP contribution in [0, 0.1) is 0 Å². The topological polar surface area (TPSA) is 12.4 Å². The molecule has 0 unspecified atom stereocenters. The number of hydrogen-bond acceptors (Lipinski definition) is 2. The van der Waals surface area contributed by atoms with Crippen LogP contribution in [0.4, 0.5) is 0 Å². The predicted molar refractivity (Wildman–Crippen MR) is 52.8 cm³/mol. The third-order valence-electron chi connectivity index (χ3n) is 1.69. The normalized spacial score (nSPS) is 17.3. The quantitative estimate of drug-likeness (QED) is 0.574. The van der Waals surface area contributed by atoms with E-state index in [9.17, 15) is 0 Å². The first kappa shape index (κ1) is 8.60. The lowest BCUT2D eigenvalue weighted by Gasteiger charge is -2.02. The summed E-state index contributed by atoms with van der Waals surface area (Å²) >= 11 is 1.52. The van der Waals surface area contributed by atoms with E-state index < -0.39 is 0 Å². The molecule has 0 atom stereocenters. The highest BCUT2D eigenvalue weighted by atomic mass is 32.2. The molecule has 0 aromatic carbocycles. The van der Waals surface area contributed by atoms with Gasteiger partial charge in [-0.25, -0.2) is 4.40 Å². The van der Waals surface area contributed by atoms with Crippen molar-refractivity contribution >= 4 is 17.7 Å². The summed E-state index contributed by atoms with van der Waals surface area (Å²) in [6.45, 7) is 4.31. The molecule has 11 heavy (non-hydrogen) atoms. The largest absolute Gasteiger partial charge is 0.216 e. The molecule has 0 bridgehead atoms. The Morgan fingerprint density at radius 3 is 2.82 bits per heavy atom. The lowest BCUT2D eigenvalue weighted by atomic mass is 10.1. The van der Waals surface area contributed by atoms with Crippen molar-refractivity contribution in [1.82, 2.24) is 0 Å². The molecule has 0 fully saturated rings. The number of nitrogens with zero attached hydrogens (tertiary/aromatic N) is 1. The first-order valence-corrected chi connectivity index (χ1v) is 4.81. The standard InChI is InChI=1S/C9H13NS/c1-3-8-6-5-7-11-10-9(8)4-2/h5-7H,3-4H2,1-2H3. The fourth-order valence-corrected chi connectivity index (χ4v) is 1.64. The van der Waals surface area contributed by atoms with E-state index in [0.29, 0.717) is 0 Å². The van der Waals surface area contributed by atoms with Crippen molar-refractivity contribution in [3.8, 4) is 0 Å². The Labute approximate surface area is 72.4 Å². The zero-order valence-corrected chi connectivity index (χ0v) is 7.82. The van der Waals surface area contributed by atoms with E-state index in [1.807, 2.05) is 5.41 Å². The Bertz CT molecular complexity index is 214. The zero-order chi connectivity index (χ0) is 8.10. The van der Waals surface area contributed by atoms with Gasteiger partial charge in [0.25, 0.3) is 0 Å². The SMILES string of the molecule is CCC1=CC=CSN=C1CC. The van der Waals surface area contributed by atoms with Crippen LogP contribution in [0.15, 0.2) is 27.5 Å². The van der Waals surface area contributed by atoms with E-state index >= 15 is 0 Å². The van der Waals surface area contributed by atoms with Crippen molar-refractivity contribution in [2.45, 2.75) is 26.7 Å². The molecule has 1 rings (SSSR count). The van der Waals surface area contributed by atoms with Gasteiger partial charge in [-0.15, -0.1) is 0 Å². The van der Waals surface area contributed by atoms with Gasteiger partial charge in [-0.1, -0.05) is 26.0 Å². The van der Waals surface area contributed by atoms with Crippen LogP contribution in [-0.2, 0) is 0 Å². The summed E-state index contributed by atoms with van der Waals surface area (Å²) in [5, 5.41) is 2.01. The average molecular weight is 167 g/mol. The number of hydrogen-bond donors (Lipinski definition) is 0. The molecule has 1 nitrogen and oxygen atoms in total. The van der Waals surface area contributed by atoms with E-state index in [4.69, 9.17) is 0 Å². The molecular formula is C9H13NS. The second-order valence-electron chi connectivity index (χ2n) is 2.37. The molecule has 1 aliphatic heterocycles. The van der Waals surface area contributed by atoms with Crippen molar-refractivity contribution < 1.29 is 0 Å². The first-order chi connectivity index (χ1) is 5.38. The van der Waals surface area contributed by atoms with Crippen molar-refractivity contribution in [3.05, 3.63) is 23.1 Å². The predicted octanol–water partition coefficient (Wildman–Crippen LogP) is 3.35. The van der Waals surface area contributed by atoms with Gasteiger partial charge in [0.05, 0.1) is 5.71 Å². The van der Waals surface area contributed by atoms with Crippen molar-refractivity contribution in [1.29, 1.82) is 0 Å². The molecule has 0 amide bonds. The van der Waals surface area contributed by atoms with Crippen LogP contribution in [0.5, 0.6) is 0 Å². The Balaban J connectivity index is 2.82. The van der Waals surface area contributed by atoms with Crippen LogP contribution in [0.3, 0.4) is 0 Å². The van der Waals surface area contributed by atoms with E-state index in [1.54, 1.807) is 0 Å². The molecule has 0 aromatic rings. The molecule has 0 N–H and O–H groups in total. The Hall–Kier alpha value is -0.500. The second kappa shape index (κ2) is 4.39. The van der Waals surface area contributed by atoms with Gasteiger partial charge in [-0.05, 0) is 23.8 Å². The summed E-state index contributed by atoms with van der Waals surface area (Å²) in [4.78, 5) is 0. The third-order valence-corrected chi connectivity index (χ3v) is 2.29. The van der Waals surface area contributed by atoms with E-state index in [0.717, 1.165) is 12.8 Å². The van der Waals surface area contributed by atoms with Gasteiger partial charge in [0.1, 0.15) is 0 Å².